The summed E-state index contributed by atoms with van der Waals surface area (Å²) >= 11 is 0. The molecular formula is C24H30N4O2. The molecular weight excluding hydrogens is 376 g/mol. The van der Waals surface area contributed by atoms with Crippen LogP contribution < -0.4 is 5.32 Å². The van der Waals surface area contributed by atoms with Crippen molar-refractivity contribution in [1.29, 1.82) is 0 Å². The summed E-state index contributed by atoms with van der Waals surface area (Å²) in [5.41, 5.74) is 7.32. The van der Waals surface area contributed by atoms with Crippen LogP contribution in [0.4, 0.5) is 0 Å². The molecule has 1 atom stereocenters. The van der Waals surface area contributed by atoms with Crippen molar-refractivity contribution in [2.75, 3.05) is 13.2 Å². The number of nitrogens with zero attached hydrogens (tertiary/aromatic N) is 3. The Morgan fingerprint density at radius 1 is 1.17 bits per heavy atom. The number of fused-ring (bicyclic) bond motifs is 1. The molecule has 1 amide bonds. The Morgan fingerprint density at radius 3 is 2.63 bits per heavy atom. The van der Waals surface area contributed by atoms with Gasteiger partial charge in [0.25, 0.3) is 0 Å². The van der Waals surface area contributed by atoms with Gasteiger partial charge in [-0.3, -0.25) is 4.79 Å². The van der Waals surface area contributed by atoms with Gasteiger partial charge in [-0.2, -0.15) is 5.10 Å². The van der Waals surface area contributed by atoms with Crippen molar-refractivity contribution in [2.24, 2.45) is 0 Å². The van der Waals surface area contributed by atoms with E-state index in [2.05, 4.69) is 43.4 Å². The molecule has 2 aromatic heterocycles. The maximum atomic E-state index is 12.3. The molecule has 4 rings (SSSR count). The first-order valence-electron chi connectivity index (χ1n) is 10.7. The predicted octanol–water partition coefficient (Wildman–Crippen LogP) is 3.88. The maximum absolute atomic E-state index is 12.3. The zero-order valence-corrected chi connectivity index (χ0v) is 18.3. The van der Waals surface area contributed by atoms with E-state index in [1.165, 1.54) is 11.1 Å². The van der Waals surface area contributed by atoms with Crippen molar-refractivity contribution < 1.29 is 9.53 Å². The number of ether oxygens (including phenoxy) is 1. The van der Waals surface area contributed by atoms with Gasteiger partial charge < -0.3 is 10.1 Å². The number of nitrogens with one attached hydrogen (secondary N) is 1. The van der Waals surface area contributed by atoms with Crippen LogP contribution in [0, 0.1) is 27.7 Å². The van der Waals surface area contributed by atoms with E-state index in [9.17, 15) is 4.79 Å². The standard InChI is InChI=1S/C24H30N4O2/c1-15-7-9-19(10-8-15)28-24-23(18(4)27-28)16(2)21(17(3)26-24)11-12-22(29)25-14-20-6-5-13-30-20/h7-10,20H,5-6,11-14H2,1-4H3,(H,25,29). The van der Waals surface area contributed by atoms with E-state index in [0.29, 0.717) is 19.4 Å². The van der Waals surface area contributed by atoms with Crippen LogP contribution in [0.2, 0.25) is 0 Å². The van der Waals surface area contributed by atoms with E-state index in [4.69, 9.17) is 14.8 Å². The minimum atomic E-state index is 0.0662. The molecule has 1 aromatic carbocycles. The number of carbonyl (C=O) groups is 1. The molecule has 3 heterocycles. The average molecular weight is 407 g/mol. The van der Waals surface area contributed by atoms with E-state index in [-0.39, 0.29) is 12.0 Å². The summed E-state index contributed by atoms with van der Waals surface area (Å²) < 4.78 is 7.50. The van der Waals surface area contributed by atoms with Crippen molar-refractivity contribution in [3.05, 3.63) is 52.3 Å². The lowest BCUT2D eigenvalue weighted by atomic mass is 9.99. The normalized spacial score (nSPS) is 16.3. The second-order valence-corrected chi connectivity index (χ2v) is 8.27. The largest absolute Gasteiger partial charge is 0.376 e. The smallest absolute Gasteiger partial charge is 0.220 e. The number of aryl methyl sites for hydroxylation is 4. The first-order chi connectivity index (χ1) is 14.4. The summed E-state index contributed by atoms with van der Waals surface area (Å²) in [6, 6.07) is 8.31. The number of hydrogen-bond acceptors (Lipinski definition) is 4. The van der Waals surface area contributed by atoms with E-state index in [0.717, 1.165) is 53.1 Å². The molecule has 6 nitrogen and oxygen atoms in total. The lowest BCUT2D eigenvalue weighted by Crippen LogP contribution is -2.31. The molecule has 6 heteroatoms. The van der Waals surface area contributed by atoms with Crippen LogP contribution in [-0.4, -0.2) is 39.9 Å². The Hall–Kier alpha value is -2.73. The molecule has 3 aromatic rings. The highest BCUT2D eigenvalue weighted by Gasteiger charge is 2.19. The Kier molecular flexibility index (Phi) is 5.86. The van der Waals surface area contributed by atoms with Crippen molar-refractivity contribution in [3.63, 3.8) is 0 Å². The number of carbonyl (C=O) groups excluding carboxylic acids is 1. The van der Waals surface area contributed by atoms with Crippen molar-refractivity contribution in [1.82, 2.24) is 20.1 Å². The Balaban J connectivity index is 1.55. The second kappa shape index (κ2) is 8.56. The Bertz CT molecular complexity index is 1060. The van der Waals surface area contributed by atoms with Gasteiger partial charge in [-0.15, -0.1) is 0 Å². The molecule has 0 radical (unpaired) electrons. The van der Waals surface area contributed by atoms with Crippen LogP contribution in [-0.2, 0) is 16.0 Å². The minimum Gasteiger partial charge on any atom is -0.376 e. The molecule has 0 aliphatic carbocycles. The van der Waals surface area contributed by atoms with Crippen LogP contribution in [0.15, 0.2) is 24.3 Å². The Morgan fingerprint density at radius 2 is 1.93 bits per heavy atom. The van der Waals surface area contributed by atoms with E-state index in [1.807, 2.05) is 18.5 Å². The third-order valence-electron chi connectivity index (χ3n) is 6.01. The molecule has 158 valence electrons. The maximum Gasteiger partial charge on any atom is 0.220 e. The molecule has 1 aliphatic heterocycles. The lowest BCUT2D eigenvalue weighted by molar-refractivity contribution is -0.121. The van der Waals surface area contributed by atoms with Crippen LogP contribution in [0.1, 0.15) is 47.3 Å². The summed E-state index contributed by atoms with van der Waals surface area (Å²) in [5.74, 6) is 0.0662. The first-order valence-corrected chi connectivity index (χ1v) is 10.7. The third kappa shape index (κ3) is 4.10. The number of rotatable bonds is 6. The highest BCUT2D eigenvalue weighted by molar-refractivity contribution is 5.85. The second-order valence-electron chi connectivity index (χ2n) is 8.27. The van der Waals surface area contributed by atoms with Gasteiger partial charge in [-0.05, 0) is 70.2 Å². The third-order valence-corrected chi connectivity index (χ3v) is 6.01. The van der Waals surface area contributed by atoms with E-state index in [1.54, 1.807) is 0 Å². The van der Waals surface area contributed by atoms with Crippen LogP contribution >= 0.6 is 0 Å². The van der Waals surface area contributed by atoms with Gasteiger partial charge in [-0.1, -0.05) is 17.7 Å². The molecule has 1 fully saturated rings. The fraction of sp³-hybridized carbons (Fsp3) is 0.458. The topological polar surface area (TPSA) is 69.0 Å². The molecule has 0 saturated carbocycles. The van der Waals surface area contributed by atoms with Gasteiger partial charge >= 0.3 is 0 Å². The van der Waals surface area contributed by atoms with Crippen molar-refractivity contribution >= 4 is 16.9 Å². The molecule has 30 heavy (non-hydrogen) atoms. The number of benzene rings is 1. The van der Waals surface area contributed by atoms with Crippen LogP contribution in [0.5, 0.6) is 0 Å². The summed E-state index contributed by atoms with van der Waals surface area (Å²) in [7, 11) is 0. The monoisotopic (exact) mass is 406 g/mol. The number of pyridine rings is 1. The molecule has 1 aliphatic rings. The quantitative estimate of drug-likeness (QED) is 0.674. The van der Waals surface area contributed by atoms with Gasteiger partial charge in [0.1, 0.15) is 0 Å². The van der Waals surface area contributed by atoms with Gasteiger partial charge in [-0.25, -0.2) is 9.67 Å². The highest BCUT2D eigenvalue weighted by Crippen LogP contribution is 2.28. The summed E-state index contributed by atoms with van der Waals surface area (Å²) in [6.07, 6.45) is 3.41. The fourth-order valence-electron chi connectivity index (χ4n) is 4.30. The van der Waals surface area contributed by atoms with Crippen LogP contribution in [0.3, 0.4) is 0 Å². The molecule has 0 spiro atoms. The van der Waals surface area contributed by atoms with Gasteiger partial charge in [0.05, 0.1) is 17.5 Å². The lowest BCUT2D eigenvalue weighted by Gasteiger charge is -2.13. The SMILES string of the molecule is Cc1ccc(-n2nc(C)c3c(C)c(CCC(=O)NCC4CCCO4)c(C)nc32)cc1. The van der Waals surface area contributed by atoms with Gasteiger partial charge in [0.2, 0.25) is 5.91 Å². The molecule has 1 unspecified atom stereocenters. The summed E-state index contributed by atoms with van der Waals surface area (Å²) in [4.78, 5) is 17.2. The zero-order chi connectivity index (χ0) is 21.3. The van der Waals surface area contributed by atoms with Crippen LogP contribution in [0.25, 0.3) is 16.7 Å². The number of aromatic nitrogens is 3. The first kappa shape index (κ1) is 20.5. The zero-order valence-electron chi connectivity index (χ0n) is 18.3. The average Bonchev–Trinajstić information content (AvgIpc) is 3.35. The fourth-order valence-corrected chi connectivity index (χ4v) is 4.30. The van der Waals surface area contributed by atoms with E-state index < -0.39 is 0 Å². The molecule has 1 N–H and O–H groups in total. The van der Waals surface area contributed by atoms with Gasteiger partial charge in [0, 0.05) is 30.7 Å². The summed E-state index contributed by atoms with van der Waals surface area (Å²) in [5, 5.41) is 8.85. The van der Waals surface area contributed by atoms with Crippen molar-refractivity contribution in [2.45, 2.75) is 59.5 Å². The van der Waals surface area contributed by atoms with Gasteiger partial charge in [0.15, 0.2) is 5.65 Å². The number of hydrogen-bond donors (Lipinski definition) is 1. The van der Waals surface area contributed by atoms with Crippen molar-refractivity contribution in [3.8, 4) is 5.69 Å². The predicted molar refractivity (Wildman–Crippen MR) is 118 cm³/mol. The minimum absolute atomic E-state index is 0.0662. The number of amides is 1. The molecule has 1 saturated heterocycles. The van der Waals surface area contributed by atoms with E-state index >= 15 is 0 Å². The Labute approximate surface area is 177 Å². The molecule has 0 bridgehead atoms. The summed E-state index contributed by atoms with van der Waals surface area (Å²) in [6.45, 7) is 9.65. The highest BCUT2D eigenvalue weighted by atomic mass is 16.5.